The summed E-state index contributed by atoms with van der Waals surface area (Å²) >= 11 is 0. The van der Waals surface area contributed by atoms with Gasteiger partial charge in [-0.3, -0.25) is 24.3 Å². The van der Waals surface area contributed by atoms with Crippen molar-refractivity contribution in [3.8, 4) is 0 Å². The van der Waals surface area contributed by atoms with Crippen molar-refractivity contribution in [1.82, 2.24) is 14.3 Å². The number of aliphatic imine (C=N–C) groups is 2. The zero-order chi connectivity index (χ0) is 29.0. The molecule has 14 heteroatoms. The van der Waals surface area contributed by atoms with Crippen LogP contribution >= 0.6 is 0 Å². The molecule has 0 saturated carbocycles. The highest BCUT2D eigenvalue weighted by Gasteiger charge is 2.37. The molecule has 0 radical (unpaired) electrons. The number of pyridine rings is 1. The number of alkyl halides is 3. The van der Waals surface area contributed by atoms with Crippen LogP contribution in [0.3, 0.4) is 0 Å². The summed E-state index contributed by atoms with van der Waals surface area (Å²) in [4.78, 5) is 36.3. The Kier molecular flexibility index (Phi) is 8.89. The molecule has 0 spiro atoms. The Morgan fingerprint density at radius 2 is 1.97 bits per heavy atom. The fourth-order valence-electron chi connectivity index (χ4n) is 4.27. The molecule has 3 heterocycles. The van der Waals surface area contributed by atoms with E-state index in [1.165, 1.54) is 13.1 Å². The van der Waals surface area contributed by atoms with Crippen LogP contribution in [0.15, 0.2) is 51.9 Å². The van der Waals surface area contributed by atoms with E-state index in [-0.39, 0.29) is 37.6 Å². The minimum Gasteiger partial charge on any atom is -0.387 e. The number of aromatic nitrogens is 2. The second kappa shape index (κ2) is 11.8. The summed E-state index contributed by atoms with van der Waals surface area (Å²) in [6, 6.07) is 1.68. The van der Waals surface area contributed by atoms with Gasteiger partial charge >= 0.3 is 6.18 Å². The molecule has 39 heavy (non-hydrogen) atoms. The predicted molar refractivity (Wildman–Crippen MR) is 140 cm³/mol. The maximum Gasteiger partial charge on any atom is 0.416 e. The lowest BCUT2D eigenvalue weighted by atomic mass is 9.84. The Labute approximate surface area is 222 Å². The van der Waals surface area contributed by atoms with Crippen molar-refractivity contribution in [3.05, 3.63) is 63.1 Å². The average Bonchev–Trinajstić information content (AvgIpc) is 3.33. The largest absolute Gasteiger partial charge is 0.416 e. The van der Waals surface area contributed by atoms with Gasteiger partial charge in [-0.2, -0.15) is 13.2 Å². The van der Waals surface area contributed by atoms with Crippen molar-refractivity contribution in [2.75, 3.05) is 19.6 Å². The molecule has 1 amide bonds. The zero-order valence-corrected chi connectivity index (χ0v) is 21.8. The molecular formula is C25H30F3N7O4. The topological polar surface area (TPSA) is 152 Å². The lowest BCUT2D eigenvalue weighted by Gasteiger charge is -2.38. The third-order valence-electron chi connectivity index (χ3n) is 6.32. The van der Waals surface area contributed by atoms with E-state index in [4.69, 9.17) is 5.73 Å². The number of hydrogen-bond donors (Lipinski definition) is 2. The number of nitrogens with two attached hydrogens (primary N) is 1. The summed E-state index contributed by atoms with van der Waals surface area (Å²) < 4.78 is 41.5. The number of imidazole rings is 1. The number of likely N-dealkylation sites (tertiary alicyclic amines) is 1. The number of allylic oxidation sites excluding steroid dienone is 3. The number of amides is 1. The van der Waals surface area contributed by atoms with Crippen LogP contribution in [0.25, 0.3) is 5.65 Å². The summed E-state index contributed by atoms with van der Waals surface area (Å²) in [5.74, 6) is 0.535. The molecule has 0 aromatic carbocycles. The van der Waals surface area contributed by atoms with E-state index in [1.54, 1.807) is 34.7 Å². The van der Waals surface area contributed by atoms with E-state index in [2.05, 4.69) is 15.0 Å². The van der Waals surface area contributed by atoms with Gasteiger partial charge in [0.15, 0.2) is 0 Å². The number of nitrogens with zero attached hydrogens (tertiary/aromatic N) is 6. The van der Waals surface area contributed by atoms with Crippen molar-refractivity contribution in [1.29, 1.82) is 0 Å². The molecule has 210 valence electrons. The summed E-state index contributed by atoms with van der Waals surface area (Å²) in [6.45, 7) is 4.73. The Hall–Kier alpha value is -4.07. The van der Waals surface area contributed by atoms with Gasteiger partial charge in [-0.05, 0) is 32.3 Å². The standard InChI is InChI=1S/C25H30F3N7O4/c1-16(35(38)39)13-20(25(26,27)28)5-4-8-30-15-19-14-21(24(37)6-10-33(11-7-24)18(3)36)23-31-9-12-34(23)22(19)32-17(2)29/h5,9,12-15,37H,4,6-8,10-11H2,1-3H3,(H2,29,32)/b16-13+,20-5+,30-15?. The molecule has 1 fully saturated rings. The second-order valence-electron chi connectivity index (χ2n) is 9.27. The van der Waals surface area contributed by atoms with Gasteiger partial charge in [0.05, 0.1) is 21.9 Å². The van der Waals surface area contributed by atoms with E-state index in [9.17, 15) is 33.2 Å². The first-order valence-corrected chi connectivity index (χ1v) is 12.1. The maximum absolute atomic E-state index is 13.3. The molecule has 3 rings (SSSR count). The third-order valence-corrected chi connectivity index (χ3v) is 6.32. The van der Waals surface area contributed by atoms with Crippen LogP contribution in [0, 0.1) is 10.1 Å². The molecular weight excluding hydrogens is 519 g/mol. The van der Waals surface area contributed by atoms with Gasteiger partial charge in [-0.15, -0.1) is 0 Å². The number of nitro groups is 1. The number of fused-ring (bicyclic) bond motifs is 1. The maximum atomic E-state index is 13.3. The van der Waals surface area contributed by atoms with Crippen molar-refractivity contribution in [3.63, 3.8) is 0 Å². The average molecular weight is 550 g/mol. The number of piperidine rings is 1. The monoisotopic (exact) mass is 549 g/mol. The highest BCUT2D eigenvalue weighted by molar-refractivity contribution is 5.90. The van der Waals surface area contributed by atoms with Crippen molar-refractivity contribution >= 4 is 29.4 Å². The van der Waals surface area contributed by atoms with Gasteiger partial charge in [0, 0.05) is 69.3 Å². The number of aliphatic hydroxyl groups is 1. The summed E-state index contributed by atoms with van der Waals surface area (Å²) in [6.07, 6.45) is 1.64. The van der Waals surface area contributed by atoms with Crippen LogP contribution in [-0.4, -0.2) is 68.1 Å². The molecule has 3 N–H and O–H groups in total. The first-order valence-electron chi connectivity index (χ1n) is 12.1. The fraction of sp³-hybridized carbons (Fsp3) is 0.440. The normalized spacial score (nSPS) is 17.3. The Bertz CT molecular complexity index is 1360. The lowest BCUT2D eigenvalue weighted by Crippen LogP contribution is -2.44. The highest BCUT2D eigenvalue weighted by atomic mass is 19.4. The van der Waals surface area contributed by atoms with E-state index in [0.29, 0.717) is 41.8 Å². The van der Waals surface area contributed by atoms with Gasteiger partial charge in [0.2, 0.25) is 11.6 Å². The summed E-state index contributed by atoms with van der Waals surface area (Å²) in [5.41, 5.74) is 4.20. The number of carbonyl (C=O) groups excluding carboxylic acids is 1. The molecule has 0 bridgehead atoms. The molecule has 1 aliphatic rings. The molecule has 11 nitrogen and oxygen atoms in total. The molecule has 1 aliphatic heterocycles. The van der Waals surface area contributed by atoms with E-state index < -0.39 is 28.0 Å². The summed E-state index contributed by atoms with van der Waals surface area (Å²) in [5, 5.41) is 22.3. The number of carbonyl (C=O) groups is 1. The van der Waals surface area contributed by atoms with E-state index in [1.807, 2.05) is 0 Å². The van der Waals surface area contributed by atoms with Crippen molar-refractivity contribution in [2.24, 2.45) is 15.7 Å². The first-order chi connectivity index (χ1) is 18.2. The smallest absolute Gasteiger partial charge is 0.387 e. The number of halogens is 3. The fourth-order valence-corrected chi connectivity index (χ4v) is 4.27. The van der Waals surface area contributed by atoms with Crippen molar-refractivity contribution in [2.45, 2.75) is 51.8 Å². The first kappa shape index (κ1) is 29.5. The van der Waals surface area contributed by atoms with Crippen LogP contribution < -0.4 is 5.73 Å². The van der Waals surface area contributed by atoms with E-state index in [0.717, 1.165) is 13.0 Å². The zero-order valence-electron chi connectivity index (χ0n) is 21.8. The molecule has 2 aromatic rings. The van der Waals surface area contributed by atoms with E-state index >= 15 is 0 Å². The minimum atomic E-state index is -4.75. The molecule has 0 unspecified atom stereocenters. The Balaban J connectivity index is 1.95. The lowest BCUT2D eigenvalue weighted by molar-refractivity contribution is -0.424. The third kappa shape index (κ3) is 7.07. The number of amidine groups is 1. The molecule has 0 atom stereocenters. The van der Waals surface area contributed by atoms with Gasteiger partial charge in [-0.25, -0.2) is 9.98 Å². The van der Waals surface area contributed by atoms with Crippen LogP contribution in [0.4, 0.5) is 19.0 Å². The molecule has 2 aromatic heterocycles. The molecule has 0 aliphatic carbocycles. The van der Waals surface area contributed by atoms with Gasteiger partial charge in [0.25, 0.3) is 0 Å². The van der Waals surface area contributed by atoms with Crippen LogP contribution in [0.1, 0.15) is 51.2 Å². The molecule has 1 saturated heterocycles. The minimum absolute atomic E-state index is 0.0508. The number of rotatable bonds is 8. The SMILES string of the molecule is CC(=O)N1CCC(O)(c2cc(C=NCC/C=C(\C=C(/C)[N+](=O)[O-])C(F)(F)F)c(N=C(C)N)n3ccnc23)CC1. The Morgan fingerprint density at radius 1 is 1.31 bits per heavy atom. The van der Waals surface area contributed by atoms with Crippen LogP contribution in [0.2, 0.25) is 0 Å². The Morgan fingerprint density at radius 3 is 2.54 bits per heavy atom. The second-order valence-corrected chi connectivity index (χ2v) is 9.27. The van der Waals surface area contributed by atoms with Gasteiger partial charge < -0.3 is 15.7 Å². The quantitative estimate of drug-likeness (QED) is 0.128. The van der Waals surface area contributed by atoms with Gasteiger partial charge in [0.1, 0.15) is 11.5 Å². The van der Waals surface area contributed by atoms with Crippen molar-refractivity contribution < 1.29 is 28.0 Å². The van der Waals surface area contributed by atoms with Crippen LogP contribution in [0.5, 0.6) is 0 Å². The number of hydrogen-bond acceptors (Lipinski definition) is 7. The van der Waals surface area contributed by atoms with Crippen LogP contribution in [-0.2, 0) is 10.4 Å². The highest BCUT2D eigenvalue weighted by Crippen LogP contribution is 2.37. The summed E-state index contributed by atoms with van der Waals surface area (Å²) in [7, 11) is 0. The van der Waals surface area contributed by atoms with Gasteiger partial charge in [-0.1, -0.05) is 6.08 Å². The predicted octanol–water partition coefficient (Wildman–Crippen LogP) is 3.65.